The number of rotatable bonds is 3. The van der Waals surface area contributed by atoms with Crippen LogP contribution in [-0.2, 0) is 5.41 Å². The molecule has 1 aliphatic heterocycles. The van der Waals surface area contributed by atoms with Crippen molar-refractivity contribution in [3.05, 3.63) is 72.2 Å². The molecule has 4 rings (SSSR count). The van der Waals surface area contributed by atoms with Crippen LogP contribution in [-0.4, -0.2) is 29.3 Å². The minimum atomic E-state index is -0.428. The lowest BCUT2D eigenvalue weighted by Gasteiger charge is -2.45. The summed E-state index contributed by atoms with van der Waals surface area (Å²) in [5.41, 5.74) is 2.60. The monoisotopic (exact) mass is 349 g/mol. The Morgan fingerprint density at radius 3 is 2.58 bits per heavy atom. The van der Waals surface area contributed by atoms with Crippen LogP contribution >= 0.6 is 0 Å². The van der Waals surface area contributed by atoms with Crippen LogP contribution in [0.5, 0.6) is 0 Å². The average molecular weight is 349 g/mol. The summed E-state index contributed by atoms with van der Waals surface area (Å²) < 4.78 is 13.7. The van der Waals surface area contributed by atoms with Crippen LogP contribution in [0.15, 0.2) is 54.7 Å². The Morgan fingerprint density at radius 1 is 1.15 bits per heavy atom. The van der Waals surface area contributed by atoms with Crippen LogP contribution in [0.1, 0.15) is 25.3 Å². The van der Waals surface area contributed by atoms with E-state index in [-0.39, 0.29) is 11.2 Å². The third-order valence-electron chi connectivity index (χ3n) is 5.74. The van der Waals surface area contributed by atoms with Gasteiger partial charge in [-0.05, 0) is 43.5 Å². The van der Waals surface area contributed by atoms with Crippen LogP contribution in [0.3, 0.4) is 0 Å². The van der Waals surface area contributed by atoms with Crippen LogP contribution < -0.4 is 4.90 Å². The first kappa shape index (κ1) is 17.0. The quantitative estimate of drug-likeness (QED) is 0.774. The molecule has 1 fully saturated rings. The van der Waals surface area contributed by atoms with Gasteiger partial charge in [-0.2, -0.15) is 0 Å². The van der Waals surface area contributed by atoms with E-state index in [1.165, 1.54) is 17.7 Å². The van der Waals surface area contributed by atoms with Crippen molar-refractivity contribution in [2.45, 2.75) is 31.3 Å². The highest BCUT2D eigenvalue weighted by Crippen LogP contribution is 2.40. The molecule has 0 saturated carbocycles. The predicted octanol–water partition coefficient (Wildman–Crippen LogP) is 4.09. The summed E-state index contributed by atoms with van der Waals surface area (Å²) in [5.74, 6) is -0.264. The third kappa shape index (κ3) is 2.84. The van der Waals surface area contributed by atoms with E-state index in [4.69, 9.17) is 0 Å². The van der Waals surface area contributed by atoms with Crippen molar-refractivity contribution in [3.8, 4) is 0 Å². The van der Waals surface area contributed by atoms with Crippen molar-refractivity contribution in [2.24, 2.45) is 0 Å². The number of piperidine rings is 1. The van der Waals surface area contributed by atoms with Crippen molar-refractivity contribution in [2.75, 3.05) is 18.0 Å². The lowest BCUT2D eigenvalue weighted by Crippen LogP contribution is -2.48. The fraction of sp³-hybridized carbons (Fsp3) is 0.318. The zero-order valence-corrected chi connectivity index (χ0v) is 14.8. The second-order valence-corrected chi connectivity index (χ2v) is 7.10. The predicted molar refractivity (Wildman–Crippen MR) is 102 cm³/mol. The van der Waals surface area contributed by atoms with Gasteiger partial charge in [-0.3, -0.25) is 4.98 Å². The molecule has 1 atom stereocenters. The maximum absolute atomic E-state index is 13.7. The number of nitrogens with zero attached hydrogens (tertiary/aromatic N) is 2. The minimum absolute atomic E-state index is 0.244. The van der Waals surface area contributed by atoms with E-state index >= 15 is 0 Å². The third-order valence-corrected chi connectivity index (χ3v) is 5.74. The van der Waals surface area contributed by atoms with Crippen molar-refractivity contribution in [1.82, 2.24) is 4.98 Å². The summed E-state index contributed by atoms with van der Waals surface area (Å²) in [6.45, 7) is 3.45. The number of pyridine rings is 1. The smallest absolute Gasteiger partial charge is 0.124 e. The number of aliphatic hydroxyl groups excluding tert-OH is 1. The number of anilines is 1. The molecule has 2 heterocycles. The summed E-state index contributed by atoms with van der Waals surface area (Å²) in [6.07, 6.45) is 2.90. The molecule has 3 aromatic rings. The number of hydrogen-bond acceptors (Lipinski definition) is 3. The number of aromatic nitrogens is 1. The zero-order chi connectivity index (χ0) is 18.1. The molecule has 1 unspecified atom stereocenters. The van der Waals surface area contributed by atoms with Crippen molar-refractivity contribution in [3.63, 3.8) is 0 Å². The highest BCUT2D eigenvalue weighted by molar-refractivity contribution is 5.91. The fourth-order valence-corrected chi connectivity index (χ4v) is 4.16. The average Bonchev–Trinajstić information content (AvgIpc) is 2.68. The molecule has 0 amide bonds. The Morgan fingerprint density at radius 2 is 1.88 bits per heavy atom. The van der Waals surface area contributed by atoms with Crippen LogP contribution in [0, 0.1) is 11.9 Å². The molecule has 1 saturated heterocycles. The van der Waals surface area contributed by atoms with Gasteiger partial charge in [-0.1, -0.05) is 30.3 Å². The van der Waals surface area contributed by atoms with Crippen LogP contribution in [0.25, 0.3) is 10.9 Å². The van der Waals surface area contributed by atoms with Crippen molar-refractivity contribution < 1.29 is 9.50 Å². The van der Waals surface area contributed by atoms with Gasteiger partial charge in [0, 0.05) is 36.2 Å². The molecule has 26 heavy (non-hydrogen) atoms. The Balaban J connectivity index is 1.65. The SMILES string of the molecule is CC(O)C1(c2ccccc2)CCN(c2[c]cnc3ccc(F)cc23)CC1. The normalized spacial score (nSPS) is 18.0. The topological polar surface area (TPSA) is 36.4 Å². The first-order valence-electron chi connectivity index (χ1n) is 9.05. The summed E-state index contributed by atoms with van der Waals surface area (Å²) in [4.78, 5) is 6.52. The molecule has 1 radical (unpaired) electrons. The van der Waals surface area contributed by atoms with Gasteiger partial charge in [-0.25, -0.2) is 4.39 Å². The maximum atomic E-state index is 13.7. The Hall–Kier alpha value is -2.46. The number of halogens is 1. The van der Waals surface area contributed by atoms with Crippen molar-refractivity contribution >= 4 is 16.6 Å². The van der Waals surface area contributed by atoms with E-state index in [0.29, 0.717) is 0 Å². The van der Waals surface area contributed by atoms with E-state index in [1.54, 1.807) is 12.3 Å². The summed E-state index contributed by atoms with van der Waals surface area (Å²) in [6, 6.07) is 18.1. The van der Waals surface area contributed by atoms with Gasteiger partial charge in [0.05, 0.1) is 17.3 Å². The summed E-state index contributed by atoms with van der Waals surface area (Å²) in [5, 5.41) is 11.3. The van der Waals surface area contributed by atoms with Gasteiger partial charge in [0.15, 0.2) is 0 Å². The number of hydrogen-bond donors (Lipinski definition) is 1. The lowest BCUT2D eigenvalue weighted by atomic mass is 9.69. The Kier molecular flexibility index (Phi) is 4.37. The van der Waals surface area contributed by atoms with E-state index in [0.717, 1.165) is 42.5 Å². The van der Waals surface area contributed by atoms with Crippen LogP contribution in [0.4, 0.5) is 10.1 Å². The van der Waals surface area contributed by atoms with Crippen LogP contribution in [0.2, 0.25) is 0 Å². The van der Waals surface area contributed by atoms with Crippen molar-refractivity contribution in [1.29, 1.82) is 0 Å². The summed E-state index contributed by atoms with van der Waals surface area (Å²) >= 11 is 0. The highest BCUT2D eigenvalue weighted by Gasteiger charge is 2.40. The second-order valence-electron chi connectivity index (χ2n) is 7.10. The molecular weight excluding hydrogens is 327 g/mol. The standard InChI is InChI=1S/C22H22FN2O/c1-16(26)22(17-5-3-2-4-6-17)10-13-25(14-11-22)21-9-12-24-20-8-7-18(23)15-19(20)21/h2-8,12,15-16,26H,10-11,13-14H2,1H3. The molecule has 3 nitrogen and oxygen atoms in total. The lowest BCUT2D eigenvalue weighted by molar-refractivity contribution is 0.0778. The number of benzene rings is 2. The van der Waals surface area contributed by atoms with Gasteiger partial charge in [-0.15, -0.1) is 0 Å². The number of fused-ring (bicyclic) bond motifs is 1. The molecular formula is C22H22FN2O. The fourth-order valence-electron chi connectivity index (χ4n) is 4.16. The molecule has 0 aliphatic carbocycles. The van der Waals surface area contributed by atoms with E-state index in [1.807, 2.05) is 25.1 Å². The van der Waals surface area contributed by atoms with Gasteiger partial charge < -0.3 is 10.0 Å². The van der Waals surface area contributed by atoms with E-state index in [2.05, 4.69) is 28.1 Å². The highest BCUT2D eigenvalue weighted by atomic mass is 19.1. The largest absolute Gasteiger partial charge is 0.392 e. The van der Waals surface area contributed by atoms with E-state index < -0.39 is 6.10 Å². The molecule has 2 aromatic carbocycles. The second kappa shape index (κ2) is 6.69. The van der Waals surface area contributed by atoms with Gasteiger partial charge in [0.2, 0.25) is 0 Å². The first-order chi connectivity index (χ1) is 12.6. The maximum Gasteiger partial charge on any atom is 0.124 e. The molecule has 0 bridgehead atoms. The van der Waals surface area contributed by atoms with Gasteiger partial charge in [0.1, 0.15) is 5.82 Å². The van der Waals surface area contributed by atoms with Gasteiger partial charge in [0.25, 0.3) is 0 Å². The first-order valence-corrected chi connectivity index (χ1v) is 9.05. The molecule has 0 spiro atoms. The Labute approximate surface area is 153 Å². The molecule has 1 aromatic heterocycles. The molecule has 1 N–H and O–H groups in total. The Bertz CT molecular complexity index is 902. The van der Waals surface area contributed by atoms with E-state index in [9.17, 15) is 9.50 Å². The summed E-state index contributed by atoms with van der Waals surface area (Å²) in [7, 11) is 0. The number of aliphatic hydroxyl groups is 1. The zero-order valence-electron chi connectivity index (χ0n) is 14.8. The van der Waals surface area contributed by atoms with Gasteiger partial charge >= 0.3 is 0 Å². The molecule has 133 valence electrons. The minimum Gasteiger partial charge on any atom is -0.392 e. The molecule has 4 heteroatoms. The molecule has 1 aliphatic rings.